The van der Waals surface area contributed by atoms with Crippen molar-refractivity contribution >= 4 is 17.6 Å². The molecule has 0 unspecified atom stereocenters. The summed E-state index contributed by atoms with van der Waals surface area (Å²) in [5, 5.41) is 11.8. The van der Waals surface area contributed by atoms with Gasteiger partial charge in [-0.3, -0.25) is 9.59 Å². The number of carbonyl (C=O) groups excluding carboxylic acids is 1. The van der Waals surface area contributed by atoms with Crippen LogP contribution in [0.15, 0.2) is 60.7 Å². The van der Waals surface area contributed by atoms with Crippen molar-refractivity contribution in [3.63, 3.8) is 0 Å². The van der Waals surface area contributed by atoms with E-state index >= 15 is 0 Å². The van der Waals surface area contributed by atoms with E-state index in [-0.39, 0.29) is 0 Å². The second-order valence-electron chi connectivity index (χ2n) is 4.04. The van der Waals surface area contributed by atoms with E-state index in [1.54, 1.807) is 54.6 Å². The monoisotopic (exact) mass is 255 g/mol. The van der Waals surface area contributed by atoms with Crippen LogP contribution < -0.4 is 5.32 Å². The van der Waals surface area contributed by atoms with Crippen LogP contribution in [0, 0.1) is 0 Å². The number of para-hydroxylation sites is 1. The average molecular weight is 255 g/mol. The standard InChI is InChI=1S/C15H13NO3/c17-14(16-12-9-5-2-6-10-12)13(15(18)19)11-7-3-1-4-8-11/h1-10,13H,(H,16,17)(H,18,19)/t13-/m0/s1. The fraction of sp³-hybridized carbons (Fsp3) is 0.0667. The van der Waals surface area contributed by atoms with Crippen molar-refractivity contribution in [2.75, 3.05) is 5.32 Å². The van der Waals surface area contributed by atoms with Gasteiger partial charge in [0.05, 0.1) is 0 Å². The van der Waals surface area contributed by atoms with Gasteiger partial charge in [0.2, 0.25) is 5.91 Å². The number of rotatable bonds is 4. The first kappa shape index (κ1) is 12.8. The maximum atomic E-state index is 12.1. The number of aliphatic carboxylic acids is 1. The zero-order valence-electron chi connectivity index (χ0n) is 10.1. The number of hydrogen-bond donors (Lipinski definition) is 2. The molecular weight excluding hydrogens is 242 g/mol. The number of anilines is 1. The maximum absolute atomic E-state index is 12.1. The number of carboxylic acids is 1. The Morgan fingerprint density at radius 2 is 1.42 bits per heavy atom. The summed E-state index contributed by atoms with van der Waals surface area (Å²) in [4.78, 5) is 23.3. The zero-order valence-corrected chi connectivity index (χ0v) is 10.1. The molecule has 4 heteroatoms. The molecule has 2 N–H and O–H groups in total. The first-order valence-electron chi connectivity index (χ1n) is 5.82. The molecule has 2 rings (SSSR count). The highest BCUT2D eigenvalue weighted by Crippen LogP contribution is 2.18. The highest BCUT2D eigenvalue weighted by atomic mass is 16.4. The molecule has 0 aliphatic carbocycles. The van der Waals surface area contributed by atoms with Crippen LogP contribution in [-0.2, 0) is 9.59 Å². The third kappa shape index (κ3) is 3.19. The molecule has 1 amide bonds. The first-order chi connectivity index (χ1) is 9.18. The lowest BCUT2D eigenvalue weighted by atomic mass is 9.98. The van der Waals surface area contributed by atoms with Crippen molar-refractivity contribution in [2.45, 2.75) is 5.92 Å². The summed E-state index contributed by atoms with van der Waals surface area (Å²) in [5.41, 5.74) is 1.04. The number of carboxylic acid groups (broad SMARTS) is 1. The van der Waals surface area contributed by atoms with E-state index in [9.17, 15) is 14.7 Å². The number of carbonyl (C=O) groups is 2. The van der Waals surface area contributed by atoms with Gasteiger partial charge in [-0.2, -0.15) is 0 Å². The van der Waals surface area contributed by atoms with Crippen LogP contribution in [0.3, 0.4) is 0 Å². The summed E-state index contributed by atoms with van der Waals surface area (Å²) < 4.78 is 0. The van der Waals surface area contributed by atoms with Crippen molar-refractivity contribution in [3.8, 4) is 0 Å². The first-order valence-corrected chi connectivity index (χ1v) is 5.82. The lowest BCUT2D eigenvalue weighted by Gasteiger charge is -2.13. The van der Waals surface area contributed by atoms with Gasteiger partial charge in [-0.25, -0.2) is 0 Å². The Bertz CT molecular complexity index is 566. The molecule has 19 heavy (non-hydrogen) atoms. The predicted octanol–water partition coefficient (Wildman–Crippen LogP) is 2.49. The molecular formula is C15H13NO3. The van der Waals surface area contributed by atoms with E-state index in [0.717, 1.165) is 0 Å². The molecule has 1 atom stereocenters. The quantitative estimate of drug-likeness (QED) is 0.825. The van der Waals surface area contributed by atoms with Crippen molar-refractivity contribution in [1.82, 2.24) is 0 Å². The summed E-state index contributed by atoms with van der Waals surface area (Å²) in [7, 11) is 0. The predicted molar refractivity (Wildman–Crippen MR) is 71.9 cm³/mol. The molecule has 0 spiro atoms. The fourth-order valence-corrected chi connectivity index (χ4v) is 1.79. The minimum Gasteiger partial charge on any atom is -0.480 e. The molecule has 96 valence electrons. The Morgan fingerprint density at radius 3 is 1.95 bits per heavy atom. The Morgan fingerprint density at radius 1 is 0.895 bits per heavy atom. The summed E-state index contributed by atoms with van der Waals surface area (Å²) in [6.45, 7) is 0. The smallest absolute Gasteiger partial charge is 0.320 e. The van der Waals surface area contributed by atoms with Crippen LogP contribution in [0.4, 0.5) is 5.69 Å². The van der Waals surface area contributed by atoms with Gasteiger partial charge in [0.25, 0.3) is 0 Å². The molecule has 0 aliphatic rings. The summed E-state index contributed by atoms with van der Waals surface area (Å²) in [6, 6.07) is 17.2. The summed E-state index contributed by atoms with van der Waals surface area (Å²) >= 11 is 0. The van der Waals surface area contributed by atoms with Gasteiger partial charge in [-0.05, 0) is 17.7 Å². The Labute approximate surface area is 110 Å². The highest BCUT2D eigenvalue weighted by Gasteiger charge is 2.27. The van der Waals surface area contributed by atoms with Crippen molar-refractivity contribution < 1.29 is 14.7 Å². The minimum absolute atomic E-state index is 0.462. The van der Waals surface area contributed by atoms with E-state index in [1.807, 2.05) is 6.07 Å². The van der Waals surface area contributed by atoms with Gasteiger partial charge >= 0.3 is 5.97 Å². The van der Waals surface area contributed by atoms with Crippen molar-refractivity contribution in [1.29, 1.82) is 0 Å². The molecule has 4 nitrogen and oxygen atoms in total. The molecule has 0 aromatic heterocycles. The van der Waals surface area contributed by atoms with Crippen LogP contribution in [0.25, 0.3) is 0 Å². The van der Waals surface area contributed by atoms with Gasteiger partial charge in [-0.1, -0.05) is 48.5 Å². The summed E-state index contributed by atoms with van der Waals surface area (Å²) in [6.07, 6.45) is 0. The van der Waals surface area contributed by atoms with Crippen molar-refractivity contribution in [3.05, 3.63) is 66.2 Å². The van der Waals surface area contributed by atoms with Crippen molar-refractivity contribution in [2.24, 2.45) is 0 Å². The molecule has 0 fully saturated rings. The zero-order chi connectivity index (χ0) is 13.7. The van der Waals surface area contributed by atoms with E-state index in [0.29, 0.717) is 11.3 Å². The second kappa shape index (κ2) is 5.82. The second-order valence-corrected chi connectivity index (χ2v) is 4.04. The molecule has 0 saturated heterocycles. The number of hydrogen-bond acceptors (Lipinski definition) is 2. The minimum atomic E-state index is -1.21. The fourth-order valence-electron chi connectivity index (χ4n) is 1.79. The lowest BCUT2D eigenvalue weighted by molar-refractivity contribution is -0.141. The van der Waals surface area contributed by atoms with Crippen LogP contribution >= 0.6 is 0 Å². The van der Waals surface area contributed by atoms with Crippen LogP contribution in [0.2, 0.25) is 0 Å². The highest BCUT2D eigenvalue weighted by molar-refractivity contribution is 6.08. The molecule has 0 aliphatic heterocycles. The normalized spacial score (nSPS) is 11.6. The molecule has 2 aromatic carbocycles. The third-order valence-electron chi connectivity index (χ3n) is 2.68. The third-order valence-corrected chi connectivity index (χ3v) is 2.68. The molecule has 2 aromatic rings. The number of nitrogens with one attached hydrogen (secondary N) is 1. The van der Waals surface area contributed by atoms with Gasteiger partial charge in [0.15, 0.2) is 5.92 Å². The Kier molecular flexibility index (Phi) is 3.93. The van der Waals surface area contributed by atoms with E-state index in [2.05, 4.69) is 5.32 Å². The van der Waals surface area contributed by atoms with E-state index in [4.69, 9.17) is 0 Å². The van der Waals surface area contributed by atoms with Crippen LogP contribution in [0.1, 0.15) is 11.5 Å². The van der Waals surface area contributed by atoms with Gasteiger partial charge in [0.1, 0.15) is 0 Å². The Hall–Kier alpha value is -2.62. The lowest BCUT2D eigenvalue weighted by Crippen LogP contribution is -2.27. The summed E-state index contributed by atoms with van der Waals surface area (Å²) in [5.74, 6) is -2.93. The van der Waals surface area contributed by atoms with Gasteiger partial charge < -0.3 is 10.4 Å². The molecule has 0 radical (unpaired) electrons. The average Bonchev–Trinajstić information content (AvgIpc) is 2.40. The topological polar surface area (TPSA) is 66.4 Å². The van der Waals surface area contributed by atoms with Gasteiger partial charge in [0, 0.05) is 5.69 Å². The largest absolute Gasteiger partial charge is 0.480 e. The SMILES string of the molecule is O=C(O)[C@H](C(=O)Nc1ccccc1)c1ccccc1. The Balaban J connectivity index is 2.21. The van der Waals surface area contributed by atoms with Gasteiger partial charge in [-0.15, -0.1) is 0 Å². The van der Waals surface area contributed by atoms with Crippen LogP contribution in [0.5, 0.6) is 0 Å². The van der Waals surface area contributed by atoms with E-state index in [1.165, 1.54) is 0 Å². The molecule has 0 saturated carbocycles. The molecule has 0 bridgehead atoms. The molecule has 0 heterocycles. The van der Waals surface area contributed by atoms with Crippen LogP contribution in [-0.4, -0.2) is 17.0 Å². The van der Waals surface area contributed by atoms with E-state index < -0.39 is 17.8 Å². The number of amides is 1. The number of benzene rings is 2. The maximum Gasteiger partial charge on any atom is 0.320 e.